The number of hydrogen-bond acceptors (Lipinski definition) is 4. The van der Waals surface area contributed by atoms with Crippen molar-refractivity contribution in [1.29, 1.82) is 0 Å². The van der Waals surface area contributed by atoms with Crippen molar-refractivity contribution in [2.24, 2.45) is 5.73 Å². The standard InChI is InChI=1S/C7H9NO4/c8-5(3-6(9)10)4-1-2-12-7(4)11/h1-2,5,11H,3,8H2,(H,9,10). The van der Waals surface area contributed by atoms with Gasteiger partial charge in [0.15, 0.2) is 0 Å². The van der Waals surface area contributed by atoms with Gasteiger partial charge in [-0.15, -0.1) is 0 Å². The molecule has 1 unspecified atom stereocenters. The minimum absolute atomic E-state index is 0.229. The van der Waals surface area contributed by atoms with Crippen LogP contribution in [0.1, 0.15) is 18.0 Å². The minimum atomic E-state index is -1.01. The van der Waals surface area contributed by atoms with Crippen molar-refractivity contribution in [1.82, 2.24) is 0 Å². The highest BCUT2D eigenvalue weighted by molar-refractivity contribution is 5.68. The molecule has 0 saturated carbocycles. The molecule has 0 aliphatic rings. The first kappa shape index (κ1) is 8.61. The molecule has 0 fully saturated rings. The van der Waals surface area contributed by atoms with Crippen LogP contribution in [0.3, 0.4) is 0 Å². The maximum Gasteiger partial charge on any atom is 0.305 e. The summed E-state index contributed by atoms with van der Waals surface area (Å²) < 4.78 is 4.55. The molecule has 1 aromatic rings. The Labute approximate surface area is 68.4 Å². The molecule has 0 saturated heterocycles. The van der Waals surface area contributed by atoms with Gasteiger partial charge in [-0.25, -0.2) is 0 Å². The van der Waals surface area contributed by atoms with E-state index in [1.807, 2.05) is 0 Å². The van der Waals surface area contributed by atoms with Gasteiger partial charge < -0.3 is 20.4 Å². The zero-order chi connectivity index (χ0) is 9.14. The number of carboxylic acids is 1. The van der Waals surface area contributed by atoms with Gasteiger partial charge in [0.05, 0.1) is 18.2 Å². The zero-order valence-corrected chi connectivity index (χ0v) is 6.23. The third-order valence-corrected chi connectivity index (χ3v) is 1.47. The summed E-state index contributed by atoms with van der Waals surface area (Å²) >= 11 is 0. The van der Waals surface area contributed by atoms with Crippen LogP contribution in [-0.4, -0.2) is 16.2 Å². The molecule has 0 radical (unpaired) electrons. The topological polar surface area (TPSA) is 96.7 Å². The van der Waals surface area contributed by atoms with E-state index in [0.29, 0.717) is 5.56 Å². The van der Waals surface area contributed by atoms with Gasteiger partial charge in [-0.2, -0.15) is 0 Å². The first-order valence-electron chi connectivity index (χ1n) is 3.35. The van der Waals surface area contributed by atoms with Crippen LogP contribution >= 0.6 is 0 Å². The highest BCUT2D eigenvalue weighted by Crippen LogP contribution is 2.25. The number of rotatable bonds is 3. The molecule has 1 atom stereocenters. The van der Waals surface area contributed by atoms with Gasteiger partial charge in [0, 0.05) is 6.04 Å². The van der Waals surface area contributed by atoms with Crippen molar-refractivity contribution in [3.8, 4) is 5.95 Å². The fourth-order valence-corrected chi connectivity index (χ4v) is 0.891. The van der Waals surface area contributed by atoms with Gasteiger partial charge in [-0.3, -0.25) is 4.79 Å². The Hall–Kier alpha value is -1.49. The lowest BCUT2D eigenvalue weighted by Crippen LogP contribution is -2.14. The number of aromatic hydroxyl groups is 1. The van der Waals surface area contributed by atoms with E-state index in [9.17, 15) is 4.79 Å². The van der Waals surface area contributed by atoms with Crippen LogP contribution in [-0.2, 0) is 4.79 Å². The second kappa shape index (κ2) is 3.27. The zero-order valence-electron chi connectivity index (χ0n) is 6.23. The van der Waals surface area contributed by atoms with Crippen molar-refractivity contribution >= 4 is 5.97 Å². The van der Waals surface area contributed by atoms with Crippen molar-refractivity contribution < 1.29 is 19.4 Å². The Balaban J connectivity index is 2.71. The lowest BCUT2D eigenvalue weighted by molar-refractivity contribution is -0.137. The van der Waals surface area contributed by atoms with E-state index < -0.39 is 12.0 Å². The van der Waals surface area contributed by atoms with Gasteiger partial charge in [0.2, 0.25) is 0 Å². The largest absolute Gasteiger partial charge is 0.481 e. The summed E-state index contributed by atoms with van der Waals surface area (Å²) in [5.74, 6) is -1.33. The van der Waals surface area contributed by atoms with Crippen molar-refractivity contribution in [2.45, 2.75) is 12.5 Å². The summed E-state index contributed by atoms with van der Waals surface area (Å²) in [5.41, 5.74) is 5.76. The molecule has 1 rings (SSSR count). The average Bonchev–Trinajstić information content (AvgIpc) is 2.33. The minimum Gasteiger partial charge on any atom is -0.481 e. The third kappa shape index (κ3) is 1.76. The van der Waals surface area contributed by atoms with E-state index in [1.54, 1.807) is 0 Å². The van der Waals surface area contributed by atoms with E-state index in [0.717, 1.165) is 0 Å². The molecule has 66 valence electrons. The number of furan rings is 1. The van der Waals surface area contributed by atoms with Crippen LogP contribution in [0.15, 0.2) is 16.7 Å². The smallest absolute Gasteiger partial charge is 0.305 e. The van der Waals surface area contributed by atoms with Gasteiger partial charge in [-0.05, 0) is 6.07 Å². The average molecular weight is 171 g/mol. The van der Waals surface area contributed by atoms with Gasteiger partial charge >= 0.3 is 5.97 Å². The maximum atomic E-state index is 10.2. The molecule has 0 bridgehead atoms. The Morgan fingerprint density at radius 2 is 2.42 bits per heavy atom. The lowest BCUT2D eigenvalue weighted by Gasteiger charge is -2.04. The number of carbonyl (C=O) groups is 1. The number of nitrogens with two attached hydrogens (primary N) is 1. The Morgan fingerprint density at radius 3 is 2.83 bits per heavy atom. The molecule has 5 nitrogen and oxygen atoms in total. The van der Waals surface area contributed by atoms with E-state index in [4.69, 9.17) is 15.9 Å². The molecule has 5 heteroatoms. The first-order valence-corrected chi connectivity index (χ1v) is 3.35. The predicted molar refractivity (Wildman–Crippen MR) is 39.6 cm³/mol. The second-order valence-corrected chi connectivity index (χ2v) is 2.39. The van der Waals surface area contributed by atoms with E-state index in [2.05, 4.69) is 4.42 Å². The van der Waals surface area contributed by atoms with Crippen molar-refractivity contribution in [2.75, 3.05) is 0 Å². The SMILES string of the molecule is NC(CC(=O)O)c1ccoc1O. The predicted octanol–water partition coefficient (Wildman–Crippen LogP) is 0.460. The Morgan fingerprint density at radius 1 is 1.75 bits per heavy atom. The van der Waals surface area contributed by atoms with Crippen LogP contribution in [0.25, 0.3) is 0 Å². The molecular weight excluding hydrogens is 162 g/mol. The maximum absolute atomic E-state index is 10.2. The number of carboxylic acid groups (broad SMARTS) is 1. The van der Waals surface area contributed by atoms with Gasteiger partial charge in [0.1, 0.15) is 0 Å². The molecule has 0 aliphatic carbocycles. The molecule has 0 amide bonds. The number of hydrogen-bond donors (Lipinski definition) is 3. The molecule has 1 aromatic heterocycles. The summed E-state index contributed by atoms with van der Waals surface area (Å²) in [4.78, 5) is 10.2. The monoisotopic (exact) mass is 171 g/mol. The Bertz CT molecular complexity index is 281. The van der Waals surface area contributed by atoms with Gasteiger partial charge in [-0.1, -0.05) is 0 Å². The van der Waals surface area contributed by atoms with Crippen LogP contribution in [0, 0.1) is 0 Å². The van der Waals surface area contributed by atoms with Gasteiger partial charge in [0.25, 0.3) is 5.95 Å². The molecular formula is C7H9NO4. The van der Waals surface area contributed by atoms with Crippen LogP contribution < -0.4 is 5.73 Å². The summed E-state index contributed by atoms with van der Waals surface area (Å²) in [5, 5.41) is 17.4. The van der Waals surface area contributed by atoms with Crippen LogP contribution in [0.2, 0.25) is 0 Å². The normalized spacial score (nSPS) is 12.8. The summed E-state index contributed by atoms with van der Waals surface area (Å²) in [7, 11) is 0. The van der Waals surface area contributed by atoms with Crippen LogP contribution in [0.4, 0.5) is 0 Å². The fraction of sp³-hybridized carbons (Fsp3) is 0.286. The molecule has 0 aromatic carbocycles. The van der Waals surface area contributed by atoms with E-state index >= 15 is 0 Å². The molecule has 1 heterocycles. The molecule has 4 N–H and O–H groups in total. The van der Waals surface area contributed by atoms with Crippen molar-refractivity contribution in [3.05, 3.63) is 17.9 Å². The first-order chi connectivity index (χ1) is 5.61. The molecule has 0 spiro atoms. The van der Waals surface area contributed by atoms with Crippen LogP contribution in [0.5, 0.6) is 5.95 Å². The second-order valence-electron chi connectivity index (χ2n) is 2.39. The van der Waals surface area contributed by atoms with E-state index in [-0.39, 0.29) is 12.4 Å². The summed E-state index contributed by atoms with van der Waals surface area (Å²) in [6.45, 7) is 0. The number of aliphatic carboxylic acids is 1. The van der Waals surface area contributed by atoms with E-state index in [1.165, 1.54) is 12.3 Å². The fourth-order valence-electron chi connectivity index (χ4n) is 0.891. The quantitative estimate of drug-likeness (QED) is 0.613. The van der Waals surface area contributed by atoms with Crippen molar-refractivity contribution in [3.63, 3.8) is 0 Å². The lowest BCUT2D eigenvalue weighted by atomic mass is 10.1. The third-order valence-electron chi connectivity index (χ3n) is 1.47. The molecule has 12 heavy (non-hydrogen) atoms. The summed E-state index contributed by atoms with van der Waals surface area (Å²) in [6, 6.07) is 0.726. The highest BCUT2D eigenvalue weighted by atomic mass is 16.5. The molecule has 0 aliphatic heterocycles. The Kier molecular flexibility index (Phi) is 2.35. The highest BCUT2D eigenvalue weighted by Gasteiger charge is 2.16. The summed E-state index contributed by atoms with van der Waals surface area (Å²) in [6.07, 6.45) is 1.03.